The fourth-order valence-electron chi connectivity index (χ4n) is 1.41. The first-order chi connectivity index (χ1) is 7.86. The van der Waals surface area contributed by atoms with E-state index in [0.29, 0.717) is 0 Å². The number of nitrogens with one attached hydrogen (secondary N) is 1. The van der Waals surface area contributed by atoms with E-state index in [1.54, 1.807) is 11.0 Å². The molecule has 0 bridgehead atoms. The van der Waals surface area contributed by atoms with Crippen molar-refractivity contribution in [2.75, 3.05) is 6.54 Å². The highest BCUT2D eigenvalue weighted by Gasteiger charge is 1.97. The summed E-state index contributed by atoms with van der Waals surface area (Å²) in [6, 6.07) is 7.84. The van der Waals surface area contributed by atoms with E-state index in [0.717, 1.165) is 30.2 Å². The highest BCUT2D eigenvalue weighted by Crippen LogP contribution is 2.13. The van der Waals surface area contributed by atoms with E-state index < -0.39 is 0 Å². The van der Waals surface area contributed by atoms with Crippen LogP contribution in [0.4, 0.5) is 0 Å². The van der Waals surface area contributed by atoms with Crippen LogP contribution in [0.1, 0.15) is 5.56 Å². The molecule has 0 aliphatic heterocycles. The molecule has 4 nitrogen and oxygen atoms in total. The summed E-state index contributed by atoms with van der Waals surface area (Å²) in [5.41, 5.74) is 1.11. The third kappa shape index (κ3) is 3.05. The Balaban J connectivity index is 1.74. The average molecular weight is 237 g/mol. The lowest BCUT2D eigenvalue weighted by Crippen LogP contribution is -2.19. The molecule has 0 atom stereocenters. The molecule has 0 saturated heterocycles. The molecule has 1 aromatic carbocycles. The second kappa shape index (κ2) is 5.63. The molecule has 0 saturated carbocycles. The number of rotatable bonds is 5. The fourth-order valence-corrected chi connectivity index (χ4v) is 1.61. The molecular formula is C11H13ClN4. The average Bonchev–Trinajstić information content (AvgIpc) is 2.79. The molecule has 0 unspecified atom stereocenters. The zero-order valence-electron chi connectivity index (χ0n) is 8.81. The third-order valence-corrected chi connectivity index (χ3v) is 2.63. The van der Waals surface area contributed by atoms with Crippen molar-refractivity contribution < 1.29 is 0 Å². The van der Waals surface area contributed by atoms with E-state index in [4.69, 9.17) is 11.6 Å². The summed E-state index contributed by atoms with van der Waals surface area (Å²) < 4.78 is 1.79. The van der Waals surface area contributed by atoms with Gasteiger partial charge in [-0.15, -0.1) is 0 Å². The topological polar surface area (TPSA) is 42.7 Å². The molecule has 0 amide bonds. The molecule has 0 aliphatic rings. The number of halogens is 1. The van der Waals surface area contributed by atoms with Crippen LogP contribution in [0, 0.1) is 0 Å². The maximum atomic E-state index is 6.04. The number of hydrogen-bond donors (Lipinski definition) is 1. The van der Waals surface area contributed by atoms with Crippen molar-refractivity contribution in [2.24, 2.45) is 0 Å². The fraction of sp³-hybridized carbons (Fsp3) is 0.273. The molecule has 5 heteroatoms. The highest BCUT2D eigenvalue weighted by atomic mass is 35.5. The normalized spacial score (nSPS) is 10.6. The van der Waals surface area contributed by atoms with E-state index >= 15 is 0 Å². The van der Waals surface area contributed by atoms with E-state index in [9.17, 15) is 0 Å². The van der Waals surface area contributed by atoms with Crippen LogP contribution in [0.5, 0.6) is 0 Å². The lowest BCUT2D eigenvalue weighted by molar-refractivity contribution is 0.554. The minimum absolute atomic E-state index is 0.772. The van der Waals surface area contributed by atoms with Crippen LogP contribution >= 0.6 is 11.6 Å². The van der Waals surface area contributed by atoms with E-state index in [1.165, 1.54) is 6.33 Å². The van der Waals surface area contributed by atoms with Crippen molar-refractivity contribution in [1.29, 1.82) is 0 Å². The van der Waals surface area contributed by atoms with Gasteiger partial charge in [0, 0.05) is 18.1 Å². The molecule has 16 heavy (non-hydrogen) atoms. The van der Waals surface area contributed by atoms with Crippen LogP contribution in [-0.4, -0.2) is 21.3 Å². The second-order valence-corrected chi connectivity index (χ2v) is 3.83. The van der Waals surface area contributed by atoms with Gasteiger partial charge in [-0.05, 0) is 11.6 Å². The molecule has 0 spiro atoms. The van der Waals surface area contributed by atoms with E-state index in [2.05, 4.69) is 15.4 Å². The van der Waals surface area contributed by atoms with E-state index in [1.807, 2.05) is 24.3 Å². The monoisotopic (exact) mass is 236 g/mol. The summed E-state index contributed by atoms with van der Waals surface area (Å²) in [4.78, 5) is 3.88. The third-order valence-electron chi connectivity index (χ3n) is 2.26. The molecule has 0 radical (unpaired) electrons. The van der Waals surface area contributed by atoms with Gasteiger partial charge in [0.2, 0.25) is 0 Å². The quantitative estimate of drug-likeness (QED) is 0.804. The SMILES string of the molecule is Clc1ccccc1CNCCn1cncn1. The Morgan fingerprint density at radius 1 is 1.31 bits per heavy atom. The smallest absolute Gasteiger partial charge is 0.137 e. The molecule has 1 aromatic heterocycles. The molecule has 84 valence electrons. The zero-order chi connectivity index (χ0) is 11.2. The van der Waals surface area contributed by atoms with Gasteiger partial charge in [0.05, 0.1) is 6.54 Å². The summed E-state index contributed by atoms with van der Waals surface area (Å²) in [5, 5.41) is 8.13. The Morgan fingerprint density at radius 2 is 2.19 bits per heavy atom. The lowest BCUT2D eigenvalue weighted by Gasteiger charge is -2.06. The number of hydrogen-bond acceptors (Lipinski definition) is 3. The Bertz CT molecular complexity index is 427. The second-order valence-electron chi connectivity index (χ2n) is 3.43. The predicted molar refractivity (Wildman–Crippen MR) is 63.2 cm³/mol. The molecule has 2 rings (SSSR count). The maximum absolute atomic E-state index is 6.04. The van der Waals surface area contributed by atoms with Crippen LogP contribution in [0.15, 0.2) is 36.9 Å². The van der Waals surface area contributed by atoms with Crippen LogP contribution < -0.4 is 5.32 Å². The Hall–Kier alpha value is -1.39. The minimum Gasteiger partial charge on any atom is -0.311 e. The van der Waals surface area contributed by atoms with Gasteiger partial charge in [-0.25, -0.2) is 4.98 Å². The van der Waals surface area contributed by atoms with Gasteiger partial charge in [0.1, 0.15) is 12.7 Å². The summed E-state index contributed by atoms with van der Waals surface area (Å²) in [6.45, 7) is 2.42. The standard InChI is InChI=1S/C11H13ClN4/c12-11-4-2-1-3-10(11)7-13-5-6-16-9-14-8-15-16/h1-4,8-9,13H,5-7H2. The Labute approximate surface area is 99.3 Å². The Kier molecular flexibility index (Phi) is 3.91. The van der Waals surface area contributed by atoms with E-state index in [-0.39, 0.29) is 0 Å². The number of nitrogens with zero attached hydrogens (tertiary/aromatic N) is 3. The molecule has 1 N–H and O–H groups in total. The minimum atomic E-state index is 0.772. The van der Waals surface area contributed by atoms with Crippen molar-refractivity contribution in [1.82, 2.24) is 20.1 Å². The highest BCUT2D eigenvalue weighted by molar-refractivity contribution is 6.31. The summed E-state index contributed by atoms with van der Waals surface area (Å²) in [5.74, 6) is 0. The molecule has 2 aromatic rings. The van der Waals surface area contributed by atoms with Gasteiger partial charge < -0.3 is 5.32 Å². The number of aromatic nitrogens is 3. The van der Waals surface area contributed by atoms with Crippen molar-refractivity contribution >= 4 is 11.6 Å². The molecule has 1 heterocycles. The first-order valence-corrected chi connectivity index (χ1v) is 5.50. The van der Waals surface area contributed by atoms with Gasteiger partial charge in [-0.3, -0.25) is 4.68 Å². The van der Waals surface area contributed by atoms with Gasteiger partial charge in [-0.1, -0.05) is 29.8 Å². The first-order valence-electron chi connectivity index (χ1n) is 5.13. The first kappa shape index (κ1) is 11.1. The van der Waals surface area contributed by atoms with Crippen molar-refractivity contribution in [3.63, 3.8) is 0 Å². The van der Waals surface area contributed by atoms with Crippen LogP contribution in [-0.2, 0) is 13.1 Å². The van der Waals surface area contributed by atoms with Gasteiger partial charge in [-0.2, -0.15) is 5.10 Å². The van der Waals surface area contributed by atoms with Gasteiger partial charge in [0.25, 0.3) is 0 Å². The van der Waals surface area contributed by atoms with Gasteiger partial charge >= 0.3 is 0 Å². The molecule has 0 aliphatic carbocycles. The molecular weight excluding hydrogens is 224 g/mol. The maximum Gasteiger partial charge on any atom is 0.137 e. The zero-order valence-corrected chi connectivity index (χ0v) is 9.56. The number of benzene rings is 1. The summed E-state index contributed by atoms with van der Waals surface area (Å²) >= 11 is 6.04. The van der Waals surface area contributed by atoms with Crippen LogP contribution in [0.2, 0.25) is 5.02 Å². The summed E-state index contributed by atoms with van der Waals surface area (Å²) in [6.07, 6.45) is 3.24. The van der Waals surface area contributed by atoms with Crippen LogP contribution in [0.3, 0.4) is 0 Å². The van der Waals surface area contributed by atoms with Gasteiger partial charge in [0.15, 0.2) is 0 Å². The van der Waals surface area contributed by atoms with Crippen LogP contribution in [0.25, 0.3) is 0 Å². The van der Waals surface area contributed by atoms with Crippen molar-refractivity contribution in [2.45, 2.75) is 13.1 Å². The summed E-state index contributed by atoms with van der Waals surface area (Å²) in [7, 11) is 0. The lowest BCUT2D eigenvalue weighted by atomic mass is 10.2. The van der Waals surface area contributed by atoms with Crippen molar-refractivity contribution in [3.8, 4) is 0 Å². The molecule has 0 fully saturated rings. The largest absolute Gasteiger partial charge is 0.311 e. The van der Waals surface area contributed by atoms with Crippen molar-refractivity contribution in [3.05, 3.63) is 47.5 Å². The Morgan fingerprint density at radius 3 is 2.94 bits per heavy atom. The predicted octanol–water partition coefficient (Wildman–Crippen LogP) is 1.72.